The number of nitrogens with zero attached hydrogens (tertiary/aromatic N) is 4. The van der Waals surface area contributed by atoms with E-state index in [4.69, 9.17) is 4.52 Å². The van der Waals surface area contributed by atoms with Crippen molar-refractivity contribution in [2.24, 2.45) is 0 Å². The molecule has 0 aliphatic carbocycles. The van der Waals surface area contributed by atoms with Gasteiger partial charge >= 0.3 is 0 Å². The van der Waals surface area contributed by atoms with Gasteiger partial charge in [-0.3, -0.25) is 10.1 Å². The first kappa shape index (κ1) is 15.7. The summed E-state index contributed by atoms with van der Waals surface area (Å²) in [4.78, 5) is 16.7. The average molecular weight is 318 g/mol. The summed E-state index contributed by atoms with van der Waals surface area (Å²) in [5.41, 5.74) is 0.735. The third kappa shape index (κ3) is 3.58. The van der Waals surface area contributed by atoms with E-state index in [1.54, 1.807) is 6.07 Å². The summed E-state index contributed by atoms with van der Waals surface area (Å²) in [6.45, 7) is 6.44. The van der Waals surface area contributed by atoms with Crippen LogP contribution >= 0.6 is 0 Å². The summed E-state index contributed by atoms with van der Waals surface area (Å²) in [7, 11) is 0. The molecule has 1 aliphatic heterocycles. The van der Waals surface area contributed by atoms with Gasteiger partial charge in [-0.15, -0.1) is 0 Å². The van der Waals surface area contributed by atoms with Crippen LogP contribution in [0.3, 0.4) is 0 Å². The number of carbonyl (C=O) groups is 1. The molecular formula is C15H22N6O2. The number of anilines is 1. The second-order valence-corrected chi connectivity index (χ2v) is 5.93. The van der Waals surface area contributed by atoms with E-state index in [0.29, 0.717) is 5.88 Å². The normalized spacial score (nSPS) is 18.5. The molecule has 3 heterocycles. The van der Waals surface area contributed by atoms with Crippen molar-refractivity contribution >= 4 is 11.8 Å². The Balaban J connectivity index is 1.55. The molecule has 0 aromatic carbocycles. The lowest BCUT2D eigenvalue weighted by molar-refractivity contribution is -0.118. The van der Waals surface area contributed by atoms with Crippen LogP contribution in [0, 0.1) is 6.92 Å². The molecule has 3 rings (SSSR count). The van der Waals surface area contributed by atoms with E-state index in [1.807, 2.05) is 18.5 Å². The molecular weight excluding hydrogens is 296 g/mol. The number of nitrogens with one attached hydrogen (secondary N) is 2. The first-order valence-corrected chi connectivity index (χ1v) is 7.98. The molecule has 124 valence electrons. The fraction of sp³-hybridized carbons (Fsp3) is 0.600. The minimum atomic E-state index is -0.332. The molecule has 2 aromatic rings. The van der Waals surface area contributed by atoms with Crippen LogP contribution in [0.2, 0.25) is 0 Å². The van der Waals surface area contributed by atoms with Gasteiger partial charge in [0.15, 0.2) is 5.82 Å². The summed E-state index contributed by atoms with van der Waals surface area (Å²) in [6.07, 6.45) is 2.66. The maximum absolute atomic E-state index is 12.2. The Morgan fingerprint density at radius 1 is 1.57 bits per heavy atom. The molecule has 8 nitrogen and oxygen atoms in total. The largest absolute Gasteiger partial charge is 0.338 e. The van der Waals surface area contributed by atoms with E-state index < -0.39 is 0 Å². The fourth-order valence-electron chi connectivity index (χ4n) is 2.73. The van der Waals surface area contributed by atoms with Crippen molar-refractivity contribution in [1.29, 1.82) is 0 Å². The Bertz CT molecular complexity index is 692. The van der Waals surface area contributed by atoms with Crippen molar-refractivity contribution in [1.82, 2.24) is 25.2 Å². The zero-order valence-electron chi connectivity index (χ0n) is 13.7. The molecule has 0 saturated carbocycles. The predicted molar refractivity (Wildman–Crippen MR) is 84.0 cm³/mol. The zero-order chi connectivity index (χ0) is 16.4. The number of aryl methyl sites for hydroxylation is 3. The highest BCUT2D eigenvalue weighted by Crippen LogP contribution is 2.14. The summed E-state index contributed by atoms with van der Waals surface area (Å²) in [5.74, 6) is 2.15. The van der Waals surface area contributed by atoms with Crippen molar-refractivity contribution in [2.45, 2.75) is 58.7 Å². The smallest absolute Gasteiger partial charge is 0.243 e. The number of hydrogen-bond donors (Lipinski definition) is 2. The lowest BCUT2D eigenvalue weighted by atomic mass is 10.1. The molecule has 0 saturated heterocycles. The fourth-order valence-corrected chi connectivity index (χ4v) is 2.73. The van der Waals surface area contributed by atoms with E-state index in [9.17, 15) is 4.79 Å². The Hall–Kier alpha value is -2.22. The Morgan fingerprint density at radius 3 is 3.09 bits per heavy atom. The first-order valence-electron chi connectivity index (χ1n) is 7.98. The van der Waals surface area contributed by atoms with Crippen molar-refractivity contribution in [2.75, 3.05) is 5.32 Å². The van der Waals surface area contributed by atoms with Gasteiger partial charge in [0.25, 0.3) is 0 Å². The van der Waals surface area contributed by atoms with Gasteiger partial charge in [0.05, 0.1) is 18.3 Å². The molecule has 0 radical (unpaired) electrons. The minimum Gasteiger partial charge on any atom is -0.338 e. The van der Waals surface area contributed by atoms with Crippen LogP contribution in [0.25, 0.3) is 0 Å². The zero-order valence-corrected chi connectivity index (χ0v) is 13.7. The second kappa shape index (κ2) is 6.49. The average Bonchev–Trinajstić information content (AvgIpc) is 3.12. The third-order valence-corrected chi connectivity index (χ3v) is 3.97. The van der Waals surface area contributed by atoms with Gasteiger partial charge in [0, 0.05) is 24.9 Å². The van der Waals surface area contributed by atoms with Gasteiger partial charge in [-0.1, -0.05) is 12.1 Å². The van der Waals surface area contributed by atoms with Gasteiger partial charge in [-0.25, -0.2) is 9.67 Å². The number of hydrogen-bond acceptors (Lipinski definition) is 6. The van der Waals surface area contributed by atoms with Crippen LogP contribution in [-0.2, 0) is 24.2 Å². The Kier molecular flexibility index (Phi) is 4.42. The van der Waals surface area contributed by atoms with Gasteiger partial charge < -0.3 is 9.84 Å². The number of aromatic nitrogens is 4. The Labute approximate surface area is 134 Å². The topological polar surface area (TPSA) is 97.9 Å². The summed E-state index contributed by atoms with van der Waals surface area (Å²) < 4.78 is 6.95. The van der Waals surface area contributed by atoms with E-state index in [1.165, 1.54) is 0 Å². The van der Waals surface area contributed by atoms with E-state index >= 15 is 0 Å². The van der Waals surface area contributed by atoms with E-state index in [-0.39, 0.29) is 18.0 Å². The van der Waals surface area contributed by atoms with Gasteiger partial charge in [-0.2, -0.15) is 5.10 Å². The summed E-state index contributed by atoms with van der Waals surface area (Å²) in [5, 5.41) is 14.3. The van der Waals surface area contributed by atoms with Crippen LogP contribution in [0.4, 0.5) is 5.88 Å². The van der Waals surface area contributed by atoms with E-state index in [0.717, 1.165) is 43.1 Å². The van der Waals surface area contributed by atoms with Crippen LogP contribution in [0.15, 0.2) is 10.6 Å². The van der Waals surface area contributed by atoms with Crippen molar-refractivity contribution in [3.05, 3.63) is 23.4 Å². The first-order chi connectivity index (χ1) is 11.0. The monoisotopic (exact) mass is 318 g/mol. The molecule has 0 fully saturated rings. The lowest BCUT2D eigenvalue weighted by Gasteiger charge is -2.26. The molecule has 0 bridgehead atoms. The predicted octanol–water partition coefficient (Wildman–Crippen LogP) is 1.07. The molecule has 2 aromatic heterocycles. The standard InChI is InChI=1S/C15H22N6O2/c1-4-12-17-13-6-5-11(8-21(13)19-12)16-10(3)15(22)18-14-7-9(2)20-23-14/h7,10-11,16H,4-6,8H2,1-3H3,(H,18,22)/t10-,11-/m0/s1. The molecule has 8 heteroatoms. The van der Waals surface area contributed by atoms with Crippen LogP contribution < -0.4 is 10.6 Å². The number of amides is 1. The molecule has 0 unspecified atom stereocenters. The summed E-state index contributed by atoms with van der Waals surface area (Å²) in [6, 6.07) is 1.56. The second-order valence-electron chi connectivity index (χ2n) is 5.93. The molecule has 1 amide bonds. The number of rotatable bonds is 5. The Morgan fingerprint density at radius 2 is 2.39 bits per heavy atom. The van der Waals surface area contributed by atoms with E-state index in [2.05, 4.69) is 32.8 Å². The van der Waals surface area contributed by atoms with Crippen LogP contribution in [-0.4, -0.2) is 37.9 Å². The van der Waals surface area contributed by atoms with Crippen molar-refractivity contribution in [3.8, 4) is 0 Å². The molecule has 23 heavy (non-hydrogen) atoms. The van der Waals surface area contributed by atoms with Gasteiger partial charge in [-0.05, 0) is 20.3 Å². The molecule has 2 N–H and O–H groups in total. The highest BCUT2D eigenvalue weighted by atomic mass is 16.5. The van der Waals surface area contributed by atoms with Crippen LogP contribution in [0.1, 0.15) is 37.6 Å². The minimum absolute atomic E-state index is 0.139. The number of carbonyl (C=O) groups excluding carboxylic acids is 1. The number of fused-ring (bicyclic) bond motifs is 1. The van der Waals surface area contributed by atoms with Gasteiger partial charge in [0.2, 0.25) is 11.8 Å². The highest BCUT2D eigenvalue weighted by molar-refractivity contribution is 5.93. The molecule has 0 spiro atoms. The molecule has 2 atom stereocenters. The highest BCUT2D eigenvalue weighted by Gasteiger charge is 2.24. The van der Waals surface area contributed by atoms with Crippen molar-refractivity contribution in [3.63, 3.8) is 0 Å². The van der Waals surface area contributed by atoms with Gasteiger partial charge in [0.1, 0.15) is 5.82 Å². The summed E-state index contributed by atoms with van der Waals surface area (Å²) >= 11 is 0. The quantitative estimate of drug-likeness (QED) is 0.856. The SMILES string of the molecule is CCc1nc2n(n1)C[C@@H](N[C@@H](C)C(=O)Nc1cc(C)no1)CC2. The maximum atomic E-state index is 12.2. The lowest BCUT2D eigenvalue weighted by Crippen LogP contribution is -2.47. The van der Waals surface area contributed by atoms with Crippen LogP contribution in [0.5, 0.6) is 0 Å². The maximum Gasteiger partial charge on any atom is 0.243 e. The molecule has 1 aliphatic rings. The third-order valence-electron chi connectivity index (χ3n) is 3.97. The van der Waals surface area contributed by atoms with Crippen molar-refractivity contribution < 1.29 is 9.32 Å².